The van der Waals surface area contributed by atoms with Crippen molar-refractivity contribution < 1.29 is 14.0 Å². The molecule has 0 saturated carbocycles. The summed E-state index contributed by atoms with van der Waals surface area (Å²) in [5, 5.41) is 0. The van der Waals surface area contributed by atoms with E-state index < -0.39 is 11.8 Å². The standard InChI is InChI=1S/C13H21N3O3/c1-13(2,3)11-8(5-9(19-11)12(15)18)6-16(4)7-10(14)17/h5H,6-7H2,1-4H3,(H2,14,17)(H2,15,18). The first-order valence-electron chi connectivity index (χ1n) is 6.01. The molecule has 0 radical (unpaired) electrons. The Morgan fingerprint density at radius 2 is 1.89 bits per heavy atom. The molecule has 0 aliphatic carbocycles. The van der Waals surface area contributed by atoms with Crippen LogP contribution in [-0.2, 0) is 16.8 Å². The molecule has 0 bridgehead atoms. The van der Waals surface area contributed by atoms with Gasteiger partial charge in [0.15, 0.2) is 5.76 Å². The largest absolute Gasteiger partial charge is 0.455 e. The molecule has 1 aromatic heterocycles. The molecule has 0 aliphatic rings. The molecule has 0 spiro atoms. The summed E-state index contributed by atoms with van der Waals surface area (Å²) in [4.78, 5) is 23.8. The van der Waals surface area contributed by atoms with Crippen LogP contribution in [0, 0.1) is 0 Å². The van der Waals surface area contributed by atoms with E-state index in [0.717, 1.165) is 5.56 Å². The highest BCUT2D eigenvalue weighted by atomic mass is 16.4. The molecule has 0 fully saturated rings. The van der Waals surface area contributed by atoms with Gasteiger partial charge in [0.1, 0.15) is 5.76 Å². The highest BCUT2D eigenvalue weighted by molar-refractivity contribution is 5.90. The van der Waals surface area contributed by atoms with Crippen LogP contribution in [0.1, 0.15) is 42.6 Å². The van der Waals surface area contributed by atoms with Crippen molar-refractivity contribution in [3.63, 3.8) is 0 Å². The van der Waals surface area contributed by atoms with Crippen LogP contribution in [0.2, 0.25) is 0 Å². The van der Waals surface area contributed by atoms with E-state index in [9.17, 15) is 9.59 Å². The summed E-state index contributed by atoms with van der Waals surface area (Å²) in [5.74, 6) is -0.183. The molecule has 0 aliphatic heterocycles. The lowest BCUT2D eigenvalue weighted by molar-refractivity contribution is -0.118. The molecule has 19 heavy (non-hydrogen) atoms. The third-order valence-corrected chi connectivity index (χ3v) is 2.60. The molecule has 1 aromatic rings. The fraction of sp³-hybridized carbons (Fsp3) is 0.538. The van der Waals surface area contributed by atoms with Gasteiger partial charge in [0, 0.05) is 17.5 Å². The van der Waals surface area contributed by atoms with Crippen molar-refractivity contribution in [1.82, 2.24) is 4.90 Å². The minimum Gasteiger partial charge on any atom is -0.455 e. The van der Waals surface area contributed by atoms with E-state index in [1.54, 1.807) is 18.0 Å². The van der Waals surface area contributed by atoms with Crippen molar-refractivity contribution in [2.75, 3.05) is 13.6 Å². The molecule has 1 rings (SSSR count). The minimum atomic E-state index is -0.602. The fourth-order valence-electron chi connectivity index (χ4n) is 1.92. The first kappa shape index (κ1) is 15.2. The van der Waals surface area contributed by atoms with Gasteiger partial charge in [-0.3, -0.25) is 14.5 Å². The quantitative estimate of drug-likeness (QED) is 0.815. The van der Waals surface area contributed by atoms with Crippen molar-refractivity contribution >= 4 is 11.8 Å². The molecule has 0 unspecified atom stereocenters. The zero-order valence-corrected chi connectivity index (χ0v) is 11.8. The van der Waals surface area contributed by atoms with E-state index in [-0.39, 0.29) is 17.7 Å². The van der Waals surface area contributed by atoms with Gasteiger partial charge in [-0.25, -0.2) is 0 Å². The highest BCUT2D eigenvalue weighted by Gasteiger charge is 2.25. The van der Waals surface area contributed by atoms with Gasteiger partial charge in [-0.15, -0.1) is 0 Å². The van der Waals surface area contributed by atoms with Gasteiger partial charge in [-0.1, -0.05) is 20.8 Å². The second kappa shape index (κ2) is 5.44. The average Bonchev–Trinajstić information content (AvgIpc) is 2.59. The van der Waals surface area contributed by atoms with Crippen LogP contribution in [-0.4, -0.2) is 30.3 Å². The minimum absolute atomic E-state index is 0.132. The zero-order chi connectivity index (χ0) is 14.8. The Morgan fingerprint density at radius 3 is 2.32 bits per heavy atom. The number of amides is 2. The van der Waals surface area contributed by atoms with Crippen LogP contribution in [0.3, 0.4) is 0 Å². The molecule has 4 N–H and O–H groups in total. The van der Waals surface area contributed by atoms with Crippen molar-refractivity contribution in [3.05, 3.63) is 23.2 Å². The molecule has 6 heteroatoms. The van der Waals surface area contributed by atoms with Crippen LogP contribution in [0.15, 0.2) is 10.5 Å². The Hall–Kier alpha value is -1.82. The van der Waals surface area contributed by atoms with Crippen molar-refractivity contribution in [3.8, 4) is 0 Å². The number of carbonyl (C=O) groups excluding carboxylic acids is 2. The molecule has 1 heterocycles. The Balaban J connectivity index is 3.04. The van der Waals surface area contributed by atoms with Crippen LogP contribution < -0.4 is 11.5 Å². The maximum Gasteiger partial charge on any atom is 0.284 e. The molecule has 0 saturated heterocycles. The summed E-state index contributed by atoms with van der Waals surface area (Å²) in [6.45, 7) is 6.55. The van der Waals surface area contributed by atoms with Gasteiger partial charge >= 0.3 is 0 Å². The molecule has 0 atom stereocenters. The molecule has 2 amide bonds. The maximum atomic E-state index is 11.2. The number of nitrogens with zero attached hydrogens (tertiary/aromatic N) is 1. The Labute approximate surface area is 112 Å². The Morgan fingerprint density at radius 1 is 1.32 bits per heavy atom. The van der Waals surface area contributed by atoms with E-state index in [2.05, 4.69) is 0 Å². The predicted octanol–water partition coefficient (Wildman–Crippen LogP) is 0.593. The van der Waals surface area contributed by atoms with Crippen molar-refractivity contribution in [2.45, 2.75) is 32.7 Å². The monoisotopic (exact) mass is 267 g/mol. The van der Waals surface area contributed by atoms with Gasteiger partial charge in [0.25, 0.3) is 5.91 Å². The van der Waals surface area contributed by atoms with Crippen LogP contribution in [0.5, 0.6) is 0 Å². The predicted molar refractivity (Wildman–Crippen MR) is 71.5 cm³/mol. The van der Waals surface area contributed by atoms with E-state index in [1.165, 1.54) is 0 Å². The number of primary amides is 2. The number of hydrogen-bond acceptors (Lipinski definition) is 4. The summed E-state index contributed by atoms with van der Waals surface area (Å²) in [6, 6.07) is 1.63. The van der Waals surface area contributed by atoms with E-state index in [0.29, 0.717) is 12.3 Å². The Kier molecular flexibility index (Phi) is 4.36. The first-order valence-corrected chi connectivity index (χ1v) is 6.01. The summed E-state index contributed by atoms with van der Waals surface area (Å²) in [7, 11) is 1.77. The smallest absolute Gasteiger partial charge is 0.284 e. The number of furan rings is 1. The van der Waals surface area contributed by atoms with Crippen LogP contribution in [0.25, 0.3) is 0 Å². The SMILES string of the molecule is CN(CC(N)=O)Cc1cc(C(N)=O)oc1C(C)(C)C. The highest BCUT2D eigenvalue weighted by Crippen LogP contribution is 2.29. The summed E-state index contributed by atoms with van der Waals surface area (Å²) in [5.41, 5.74) is 11.0. The average molecular weight is 267 g/mol. The van der Waals surface area contributed by atoms with Gasteiger partial charge < -0.3 is 15.9 Å². The Bertz CT molecular complexity index is 486. The van der Waals surface area contributed by atoms with Gasteiger partial charge in [-0.2, -0.15) is 0 Å². The second-order valence-electron chi connectivity index (χ2n) is 5.72. The lowest BCUT2D eigenvalue weighted by Crippen LogP contribution is -2.30. The zero-order valence-electron chi connectivity index (χ0n) is 11.8. The number of rotatable bonds is 5. The third-order valence-electron chi connectivity index (χ3n) is 2.60. The molecular weight excluding hydrogens is 246 g/mol. The van der Waals surface area contributed by atoms with Gasteiger partial charge in [0.05, 0.1) is 6.54 Å². The number of carbonyl (C=O) groups is 2. The number of hydrogen-bond donors (Lipinski definition) is 2. The lowest BCUT2D eigenvalue weighted by atomic mass is 9.90. The molecule has 0 aromatic carbocycles. The number of likely N-dealkylation sites (N-methyl/N-ethyl adjacent to an activating group) is 1. The van der Waals surface area contributed by atoms with Gasteiger partial charge in [-0.05, 0) is 13.1 Å². The van der Waals surface area contributed by atoms with Gasteiger partial charge in [0.2, 0.25) is 5.91 Å². The lowest BCUT2D eigenvalue weighted by Gasteiger charge is -2.20. The summed E-state index contributed by atoms with van der Waals surface area (Å²) in [6.07, 6.45) is 0. The molecule has 106 valence electrons. The van der Waals surface area contributed by atoms with Crippen LogP contribution >= 0.6 is 0 Å². The van der Waals surface area contributed by atoms with Crippen molar-refractivity contribution in [1.29, 1.82) is 0 Å². The topological polar surface area (TPSA) is 103 Å². The molecule has 6 nitrogen and oxygen atoms in total. The van der Waals surface area contributed by atoms with Crippen LogP contribution in [0.4, 0.5) is 0 Å². The molecular formula is C13H21N3O3. The first-order chi connectivity index (χ1) is 8.61. The summed E-state index contributed by atoms with van der Waals surface area (Å²) >= 11 is 0. The fourth-order valence-corrected chi connectivity index (χ4v) is 1.92. The van der Waals surface area contributed by atoms with E-state index in [4.69, 9.17) is 15.9 Å². The van der Waals surface area contributed by atoms with Crippen molar-refractivity contribution in [2.24, 2.45) is 11.5 Å². The third kappa shape index (κ3) is 4.10. The van der Waals surface area contributed by atoms with E-state index >= 15 is 0 Å². The normalized spacial score (nSPS) is 11.8. The van der Waals surface area contributed by atoms with E-state index in [1.807, 2.05) is 20.8 Å². The second-order valence-corrected chi connectivity index (χ2v) is 5.72. The number of nitrogens with two attached hydrogens (primary N) is 2. The summed E-state index contributed by atoms with van der Waals surface area (Å²) < 4.78 is 5.53. The maximum absolute atomic E-state index is 11.2.